The average molecular weight is 530 g/mol. The molecule has 0 aliphatic heterocycles. The third-order valence-corrected chi connectivity index (χ3v) is 6.51. The molecule has 3 aromatic carbocycles. The first-order chi connectivity index (χ1) is 18.9. The van der Waals surface area contributed by atoms with Crippen molar-refractivity contribution in [2.24, 2.45) is 0 Å². The fourth-order valence-electron chi connectivity index (χ4n) is 4.47. The number of fused-ring (bicyclic) bond motifs is 1. The predicted molar refractivity (Wildman–Crippen MR) is 152 cm³/mol. The summed E-state index contributed by atoms with van der Waals surface area (Å²) in [7, 11) is 3.46. The minimum atomic E-state index is -0.661. The molecule has 1 N–H and O–H groups in total. The number of benzene rings is 3. The lowest BCUT2D eigenvalue weighted by atomic mass is 9.87. The van der Waals surface area contributed by atoms with E-state index in [1.807, 2.05) is 60.7 Å². The SMILES string of the molecule is CC/C(=C(/c1ccc(OCCCC/C=C/C(=O)N(C)C)cc1)c1cc(F)c2n[nH]c(F)c2c1)c1ccccc1. The van der Waals surface area contributed by atoms with Gasteiger partial charge >= 0.3 is 0 Å². The van der Waals surface area contributed by atoms with Gasteiger partial charge in [-0.25, -0.2) is 4.39 Å². The Hall–Kier alpha value is -4.26. The molecule has 1 heterocycles. The topological polar surface area (TPSA) is 58.2 Å². The molecule has 1 aromatic heterocycles. The Kier molecular flexibility index (Phi) is 9.26. The number of rotatable bonds is 11. The summed E-state index contributed by atoms with van der Waals surface area (Å²) in [4.78, 5) is 13.1. The molecule has 39 heavy (non-hydrogen) atoms. The van der Waals surface area contributed by atoms with Crippen molar-refractivity contribution >= 4 is 28.0 Å². The van der Waals surface area contributed by atoms with Crippen molar-refractivity contribution in [3.05, 3.63) is 107 Å². The van der Waals surface area contributed by atoms with Crippen molar-refractivity contribution in [2.75, 3.05) is 20.7 Å². The van der Waals surface area contributed by atoms with E-state index in [0.717, 1.165) is 47.3 Å². The number of nitrogens with zero attached hydrogens (tertiary/aromatic N) is 2. The molecular weight excluding hydrogens is 496 g/mol. The molecule has 7 heteroatoms. The lowest BCUT2D eigenvalue weighted by Gasteiger charge is -2.17. The first-order valence-corrected chi connectivity index (χ1v) is 13.1. The Morgan fingerprint density at radius 1 is 0.974 bits per heavy atom. The number of nitrogens with one attached hydrogen (secondary N) is 1. The summed E-state index contributed by atoms with van der Waals surface area (Å²) < 4.78 is 35.3. The Labute approximate surface area is 227 Å². The average Bonchev–Trinajstić information content (AvgIpc) is 3.32. The Balaban J connectivity index is 1.56. The molecule has 0 aliphatic carbocycles. The highest BCUT2D eigenvalue weighted by molar-refractivity contribution is 6.00. The number of halogens is 2. The maximum atomic E-state index is 15.0. The van der Waals surface area contributed by atoms with E-state index in [1.54, 1.807) is 26.2 Å². The van der Waals surface area contributed by atoms with E-state index in [1.165, 1.54) is 11.0 Å². The van der Waals surface area contributed by atoms with Crippen LogP contribution in [-0.4, -0.2) is 41.7 Å². The van der Waals surface area contributed by atoms with Gasteiger partial charge in [0.15, 0.2) is 5.82 Å². The molecule has 0 bridgehead atoms. The number of carbonyl (C=O) groups excluding carboxylic acids is 1. The van der Waals surface area contributed by atoms with Gasteiger partial charge in [-0.3, -0.25) is 9.89 Å². The maximum absolute atomic E-state index is 15.0. The second kappa shape index (κ2) is 13.0. The van der Waals surface area contributed by atoms with Crippen molar-refractivity contribution in [3.63, 3.8) is 0 Å². The Morgan fingerprint density at radius 3 is 2.41 bits per heavy atom. The lowest BCUT2D eigenvalue weighted by molar-refractivity contribution is -0.123. The number of allylic oxidation sites excluding steroid dienone is 2. The van der Waals surface area contributed by atoms with Crippen molar-refractivity contribution in [3.8, 4) is 5.75 Å². The highest BCUT2D eigenvalue weighted by Gasteiger charge is 2.18. The minimum Gasteiger partial charge on any atom is -0.494 e. The number of unbranched alkanes of at least 4 members (excludes halogenated alkanes) is 2. The molecule has 0 fully saturated rings. The van der Waals surface area contributed by atoms with Crippen molar-refractivity contribution in [1.82, 2.24) is 15.1 Å². The number of amides is 1. The van der Waals surface area contributed by atoms with Gasteiger partial charge in [0.25, 0.3) is 0 Å². The van der Waals surface area contributed by atoms with Crippen molar-refractivity contribution < 1.29 is 18.3 Å². The fraction of sp³-hybridized carbons (Fsp3) is 0.250. The van der Waals surface area contributed by atoms with Gasteiger partial charge in [-0.2, -0.15) is 9.49 Å². The van der Waals surface area contributed by atoms with Gasteiger partial charge in [0.1, 0.15) is 11.3 Å². The highest BCUT2D eigenvalue weighted by Crippen LogP contribution is 2.37. The van der Waals surface area contributed by atoms with Gasteiger partial charge in [0.2, 0.25) is 11.9 Å². The van der Waals surface area contributed by atoms with E-state index in [2.05, 4.69) is 17.1 Å². The van der Waals surface area contributed by atoms with E-state index in [4.69, 9.17) is 4.74 Å². The molecule has 0 saturated heterocycles. The van der Waals surface area contributed by atoms with E-state index in [0.29, 0.717) is 18.6 Å². The van der Waals surface area contributed by atoms with Crippen molar-refractivity contribution in [1.29, 1.82) is 0 Å². The largest absolute Gasteiger partial charge is 0.494 e. The molecule has 0 unspecified atom stereocenters. The van der Waals surface area contributed by atoms with Gasteiger partial charge < -0.3 is 9.64 Å². The minimum absolute atomic E-state index is 0.0168. The molecule has 0 aliphatic rings. The van der Waals surface area contributed by atoms with E-state index in [-0.39, 0.29) is 16.8 Å². The van der Waals surface area contributed by atoms with Crippen LogP contribution in [0.25, 0.3) is 22.0 Å². The van der Waals surface area contributed by atoms with Crippen LogP contribution in [0.5, 0.6) is 5.75 Å². The molecule has 1 amide bonds. The zero-order chi connectivity index (χ0) is 27.8. The number of aromatic nitrogens is 2. The van der Waals surface area contributed by atoms with E-state index >= 15 is 0 Å². The number of ether oxygens (including phenoxy) is 1. The van der Waals surface area contributed by atoms with Crippen LogP contribution >= 0.6 is 0 Å². The molecule has 202 valence electrons. The third kappa shape index (κ3) is 6.79. The molecule has 5 nitrogen and oxygen atoms in total. The van der Waals surface area contributed by atoms with Crippen LogP contribution in [0.1, 0.15) is 49.3 Å². The van der Waals surface area contributed by atoms with E-state index < -0.39 is 11.8 Å². The predicted octanol–water partition coefficient (Wildman–Crippen LogP) is 7.40. The summed E-state index contributed by atoms with van der Waals surface area (Å²) in [5, 5.41) is 6.12. The van der Waals surface area contributed by atoms with Crippen LogP contribution in [0.3, 0.4) is 0 Å². The number of carbonyl (C=O) groups is 1. The number of likely N-dealkylation sites (N-methyl/N-ethyl adjacent to an activating group) is 1. The number of hydrogen-bond acceptors (Lipinski definition) is 3. The van der Waals surface area contributed by atoms with Gasteiger partial charge in [-0.1, -0.05) is 55.5 Å². The summed E-state index contributed by atoms with van der Waals surface area (Å²) in [6.45, 7) is 2.61. The second-order valence-corrected chi connectivity index (χ2v) is 9.47. The van der Waals surface area contributed by atoms with Crippen LogP contribution in [0.15, 0.2) is 78.9 Å². The van der Waals surface area contributed by atoms with Gasteiger partial charge in [0.05, 0.1) is 12.0 Å². The van der Waals surface area contributed by atoms with Gasteiger partial charge in [-0.05, 0) is 83.9 Å². The van der Waals surface area contributed by atoms with Crippen LogP contribution in [0, 0.1) is 11.8 Å². The van der Waals surface area contributed by atoms with Crippen LogP contribution in [-0.2, 0) is 4.79 Å². The first-order valence-electron chi connectivity index (χ1n) is 13.1. The zero-order valence-corrected chi connectivity index (χ0v) is 22.5. The van der Waals surface area contributed by atoms with Crippen LogP contribution in [0.4, 0.5) is 8.78 Å². The molecule has 4 rings (SSSR count). The summed E-state index contributed by atoms with van der Waals surface area (Å²) in [5.74, 6) is -0.525. The smallest absolute Gasteiger partial charge is 0.245 e. The summed E-state index contributed by atoms with van der Waals surface area (Å²) in [6, 6.07) is 20.7. The zero-order valence-electron chi connectivity index (χ0n) is 22.5. The Morgan fingerprint density at radius 2 is 1.72 bits per heavy atom. The molecule has 0 saturated carbocycles. The van der Waals surface area contributed by atoms with Gasteiger partial charge in [-0.15, -0.1) is 0 Å². The molecular formula is C32H33F2N3O2. The van der Waals surface area contributed by atoms with Crippen molar-refractivity contribution in [2.45, 2.75) is 32.6 Å². The molecule has 4 aromatic rings. The highest BCUT2D eigenvalue weighted by atomic mass is 19.1. The second-order valence-electron chi connectivity index (χ2n) is 9.47. The summed E-state index contributed by atoms with van der Waals surface area (Å²) in [6.07, 6.45) is 6.76. The van der Waals surface area contributed by atoms with Crippen LogP contribution in [0.2, 0.25) is 0 Å². The standard InChI is InChI=1S/C32H33F2N3O2/c1-4-26(22-12-8-7-9-13-22)30(24-20-27-31(28(33)21-24)35-36-32(27)34)23-15-17-25(18-16-23)39-19-11-6-5-10-14-29(38)37(2)3/h7-10,12-18,20-21H,4-6,11,19H2,1-3H3,(H,35,36)/b14-10+,30-26+. The molecule has 0 radical (unpaired) electrons. The normalized spacial score (nSPS) is 12.1. The first kappa shape index (κ1) is 27.8. The van der Waals surface area contributed by atoms with E-state index in [9.17, 15) is 13.6 Å². The lowest BCUT2D eigenvalue weighted by Crippen LogP contribution is -2.18. The Bertz CT molecular complexity index is 1470. The number of aromatic amines is 1. The summed E-state index contributed by atoms with van der Waals surface area (Å²) >= 11 is 0. The summed E-state index contributed by atoms with van der Waals surface area (Å²) in [5.41, 5.74) is 4.31. The molecule has 0 atom stereocenters. The van der Waals surface area contributed by atoms with Gasteiger partial charge in [0, 0.05) is 14.1 Å². The van der Waals surface area contributed by atoms with Crippen LogP contribution < -0.4 is 4.74 Å². The third-order valence-electron chi connectivity index (χ3n) is 6.51. The number of H-pyrrole nitrogens is 1. The fourth-order valence-corrected chi connectivity index (χ4v) is 4.47. The monoisotopic (exact) mass is 529 g/mol. The molecule has 0 spiro atoms. The quantitative estimate of drug-likeness (QED) is 0.125. The number of hydrogen-bond donors (Lipinski definition) is 1. The maximum Gasteiger partial charge on any atom is 0.245 e.